The van der Waals surface area contributed by atoms with Gasteiger partial charge in [-0.1, -0.05) is 0 Å². The molecule has 0 saturated heterocycles. The Hall–Kier alpha value is -1.66. The molecule has 1 heterocycles. The number of aliphatic hydroxyl groups excluding tert-OH is 1. The number of carbonyl (C=O) groups excluding carboxylic acids is 1. The van der Waals surface area contributed by atoms with Crippen LogP contribution in [0.15, 0.2) is 18.3 Å². The fraction of sp³-hybridized carbons (Fsp3) is 0.500. The third kappa shape index (κ3) is 4.68. The van der Waals surface area contributed by atoms with Crippen LogP contribution in [-0.4, -0.2) is 42.4 Å². The average molecular weight is 254 g/mol. The first-order chi connectivity index (χ1) is 8.67. The molecule has 0 aliphatic rings. The molecule has 18 heavy (non-hydrogen) atoms. The molecule has 0 bridgehead atoms. The molecular weight excluding hydrogens is 236 g/mol. The number of methoxy groups -OCH3 is 1. The highest BCUT2D eigenvalue weighted by Gasteiger charge is 2.13. The normalized spacial score (nSPS) is 11.9. The summed E-state index contributed by atoms with van der Waals surface area (Å²) in [4.78, 5) is 15.6. The van der Waals surface area contributed by atoms with Crippen molar-refractivity contribution in [2.75, 3.05) is 20.3 Å². The lowest BCUT2D eigenvalue weighted by molar-refractivity contribution is -0.127. The third-order valence-corrected chi connectivity index (χ3v) is 2.25. The molecule has 2 N–H and O–H groups in total. The van der Waals surface area contributed by atoms with Crippen molar-refractivity contribution < 1.29 is 19.4 Å². The molecule has 100 valence electrons. The largest absolute Gasteiger partial charge is 0.479 e. The molecule has 6 nitrogen and oxygen atoms in total. The zero-order valence-electron chi connectivity index (χ0n) is 10.5. The summed E-state index contributed by atoms with van der Waals surface area (Å²) in [7, 11) is 1.57. The summed E-state index contributed by atoms with van der Waals surface area (Å²) in [5.41, 5.74) is 0.555. The van der Waals surface area contributed by atoms with Gasteiger partial charge in [0.1, 0.15) is 5.75 Å². The molecule has 1 aromatic heterocycles. The first-order valence-corrected chi connectivity index (χ1v) is 5.66. The molecular formula is C12H18N2O4. The van der Waals surface area contributed by atoms with E-state index in [2.05, 4.69) is 10.3 Å². The maximum absolute atomic E-state index is 11.6. The lowest BCUT2D eigenvalue weighted by atomic mass is 10.3. The van der Waals surface area contributed by atoms with E-state index in [-0.39, 0.29) is 12.5 Å². The van der Waals surface area contributed by atoms with E-state index in [1.165, 1.54) is 6.20 Å². The number of ether oxygens (including phenoxy) is 2. The van der Waals surface area contributed by atoms with E-state index >= 15 is 0 Å². The van der Waals surface area contributed by atoms with E-state index in [0.717, 1.165) is 0 Å². The van der Waals surface area contributed by atoms with Gasteiger partial charge in [0.25, 0.3) is 5.91 Å². The lowest BCUT2D eigenvalue weighted by Gasteiger charge is -2.14. The molecule has 0 spiro atoms. The molecule has 1 aromatic rings. The Morgan fingerprint density at radius 3 is 2.89 bits per heavy atom. The zero-order valence-corrected chi connectivity index (χ0v) is 10.5. The summed E-state index contributed by atoms with van der Waals surface area (Å²) in [5, 5.41) is 11.5. The highest BCUT2D eigenvalue weighted by Crippen LogP contribution is 2.11. The number of aromatic nitrogens is 1. The van der Waals surface area contributed by atoms with Gasteiger partial charge in [-0.25, -0.2) is 0 Å². The van der Waals surface area contributed by atoms with Gasteiger partial charge in [-0.3, -0.25) is 9.78 Å². The fourth-order valence-electron chi connectivity index (χ4n) is 1.25. The predicted molar refractivity (Wildman–Crippen MR) is 65.1 cm³/mol. The smallest absolute Gasteiger partial charge is 0.260 e. The second-order valence-corrected chi connectivity index (χ2v) is 3.69. The first kappa shape index (κ1) is 14.4. The summed E-state index contributed by atoms with van der Waals surface area (Å²) in [5.74, 6) is 0.278. The van der Waals surface area contributed by atoms with Crippen molar-refractivity contribution >= 4 is 5.91 Å². The summed E-state index contributed by atoms with van der Waals surface area (Å²) in [6.07, 6.45) is 0.869. The van der Waals surface area contributed by atoms with Crippen molar-refractivity contribution in [3.63, 3.8) is 0 Å². The van der Waals surface area contributed by atoms with Crippen LogP contribution in [0.4, 0.5) is 0 Å². The van der Waals surface area contributed by atoms with Gasteiger partial charge < -0.3 is 19.9 Å². The Kier molecular flexibility index (Phi) is 6.10. The van der Waals surface area contributed by atoms with Crippen LogP contribution in [0, 0.1) is 0 Å². The van der Waals surface area contributed by atoms with E-state index in [0.29, 0.717) is 24.6 Å². The summed E-state index contributed by atoms with van der Waals surface area (Å²) >= 11 is 0. The average Bonchev–Trinajstić information content (AvgIpc) is 2.39. The Bertz CT molecular complexity index is 367. The number of rotatable bonds is 7. The number of pyridine rings is 1. The van der Waals surface area contributed by atoms with Crippen LogP contribution in [0.2, 0.25) is 0 Å². The Balaban J connectivity index is 2.42. The topological polar surface area (TPSA) is 80.7 Å². The predicted octanol–water partition coefficient (Wildman–Crippen LogP) is 0.104. The first-order valence-electron chi connectivity index (χ1n) is 5.66. The maximum Gasteiger partial charge on any atom is 0.260 e. The van der Waals surface area contributed by atoms with Gasteiger partial charge in [-0.05, 0) is 19.1 Å². The van der Waals surface area contributed by atoms with Gasteiger partial charge in [-0.15, -0.1) is 0 Å². The van der Waals surface area contributed by atoms with Crippen LogP contribution in [0.1, 0.15) is 12.6 Å². The quantitative estimate of drug-likeness (QED) is 0.675. The van der Waals surface area contributed by atoms with E-state index in [1.54, 1.807) is 26.2 Å². The van der Waals surface area contributed by atoms with Crippen LogP contribution in [-0.2, 0) is 16.1 Å². The van der Waals surface area contributed by atoms with Crippen LogP contribution >= 0.6 is 0 Å². The van der Waals surface area contributed by atoms with Gasteiger partial charge in [0.15, 0.2) is 6.10 Å². The SMILES string of the molecule is COCCNC(=O)C(C)Oc1ccc(CO)nc1. The minimum Gasteiger partial charge on any atom is -0.479 e. The molecule has 0 aliphatic carbocycles. The van der Waals surface area contributed by atoms with E-state index in [9.17, 15) is 4.79 Å². The number of amides is 1. The van der Waals surface area contributed by atoms with Gasteiger partial charge >= 0.3 is 0 Å². The van der Waals surface area contributed by atoms with Crippen molar-refractivity contribution in [3.05, 3.63) is 24.0 Å². The number of hydrogen-bond acceptors (Lipinski definition) is 5. The summed E-state index contributed by atoms with van der Waals surface area (Å²) in [6, 6.07) is 3.31. The Morgan fingerprint density at radius 1 is 1.56 bits per heavy atom. The Morgan fingerprint density at radius 2 is 2.33 bits per heavy atom. The number of nitrogens with zero attached hydrogens (tertiary/aromatic N) is 1. The molecule has 0 aromatic carbocycles. The van der Waals surface area contributed by atoms with E-state index in [1.807, 2.05) is 0 Å². The van der Waals surface area contributed by atoms with Crippen LogP contribution < -0.4 is 10.1 Å². The van der Waals surface area contributed by atoms with Crippen molar-refractivity contribution in [1.82, 2.24) is 10.3 Å². The molecule has 0 radical (unpaired) electrons. The molecule has 0 saturated carbocycles. The van der Waals surface area contributed by atoms with Crippen molar-refractivity contribution in [2.45, 2.75) is 19.6 Å². The monoisotopic (exact) mass is 254 g/mol. The molecule has 1 unspecified atom stereocenters. The molecule has 1 amide bonds. The van der Waals surface area contributed by atoms with Crippen LogP contribution in [0.5, 0.6) is 5.75 Å². The van der Waals surface area contributed by atoms with Gasteiger partial charge in [0.05, 0.1) is 25.1 Å². The number of hydrogen-bond donors (Lipinski definition) is 2. The van der Waals surface area contributed by atoms with E-state index in [4.69, 9.17) is 14.6 Å². The standard InChI is InChI=1S/C12H18N2O4/c1-9(12(16)13-5-6-17-2)18-11-4-3-10(8-15)14-7-11/h3-4,7,9,15H,5-6,8H2,1-2H3,(H,13,16). The molecule has 0 aliphatic heterocycles. The lowest BCUT2D eigenvalue weighted by Crippen LogP contribution is -2.37. The van der Waals surface area contributed by atoms with Gasteiger partial charge in [0.2, 0.25) is 0 Å². The summed E-state index contributed by atoms with van der Waals surface area (Å²) in [6.45, 7) is 2.45. The number of aliphatic hydroxyl groups is 1. The molecule has 6 heteroatoms. The zero-order chi connectivity index (χ0) is 13.4. The number of nitrogens with one attached hydrogen (secondary N) is 1. The second-order valence-electron chi connectivity index (χ2n) is 3.69. The molecule has 1 atom stereocenters. The van der Waals surface area contributed by atoms with Gasteiger partial charge in [0, 0.05) is 13.7 Å². The van der Waals surface area contributed by atoms with Crippen molar-refractivity contribution in [3.8, 4) is 5.75 Å². The highest BCUT2D eigenvalue weighted by atomic mass is 16.5. The number of carbonyl (C=O) groups is 1. The van der Waals surface area contributed by atoms with Crippen molar-refractivity contribution in [2.24, 2.45) is 0 Å². The fourth-order valence-corrected chi connectivity index (χ4v) is 1.25. The van der Waals surface area contributed by atoms with E-state index < -0.39 is 6.10 Å². The van der Waals surface area contributed by atoms with Crippen molar-refractivity contribution in [1.29, 1.82) is 0 Å². The van der Waals surface area contributed by atoms with Crippen LogP contribution in [0.25, 0.3) is 0 Å². The summed E-state index contributed by atoms with van der Waals surface area (Å²) < 4.78 is 10.2. The van der Waals surface area contributed by atoms with Gasteiger partial charge in [-0.2, -0.15) is 0 Å². The minimum absolute atomic E-state index is 0.118. The van der Waals surface area contributed by atoms with Crippen LogP contribution in [0.3, 0.4) is 0 Å². The molecule has 0 fully saturated rings. The minimum atomic E-state index is -0.608. The highest BCUT2D eigenvalue weighted by molar-refractivity contribution is 5.80. The second kappa shape index (κ2) is 7.62. The Labute approximate surface area is 106 Å². The maximum atomic E-state index is 11.6. The molecule has 1 rings (SSSR count). The third-order valence-electron chi connectivity index (χ3n) is 2.25.